The molecule has 0 N–H and O–H groups in total. The number of esters is 2. The molecule has 2 heterocycles. The van der Waals surface area contributed by atoms with Crippen LogP contribution in [0.3, 0.4) is 0 Å². The van der Waals surface area contributed by atoms with Gasteiger partial charge in [0.05, 0.1) is 18.6 Å². The molecule has 3 rings (SSSR count). The topological polar surface area (TPSA) is 98.4 Å². The molecule has 8 heteroatoms. The van der Waals surface area contributed by atoms with Crippen LogP contribution >= 0.6 is 0 Å². The maximum atomic E-state index is 12.3. The molecule has 27 heavy (non-hydrogen) atoms. The lowest BCUT2D eigenvalue weighted by atomic mass is 10.1. The number of amides is 1. The summed E-state index contributed by atoms with van der Waals surface area (Å²) in [6, 6.07) is 10.3. The van der Waals surface area contributed by atoms with Gasteiger partial charge in [0.1, 0.15) is 11.3 Å². The number of anilines is 1. The van der Waals surface area contributed by atoms with E-state index in [9.17, 15) is 14.4 Å². The summed E-state index contributed by atoms with van der Waals surface area (Å²) in [5, 5.41) is 5.32. The molecule has 0 fully saturated rings. The average Bonchev–Trinajstić information content (AvgIpc) is 3.16. The smallest absolute Gasteiger partial charge is 0.354 e. The first-order valence-corrected chi connectivity index (χ1v) is 8.46. The third kappa shape index (κ3) is 4.22. The zero-order chi connectivity index (χ0) is 19.2. The molecule has 0 saturated heterocycles. The second-order valence-electron chi connectivity index (χ2n) is 5.64. The highest BCUT2D eigenvalue weighted by molar-refractivity contribution is 6.38. The highest BCUT2D eigenvalue weighted by Crippen LogP contribution is 2.20. The van der Waals surface area contributed by atoms with E-state index in [2.05, 4.69) is 5.10 Å². The Morgan fingerprint density at radius 1 is 1.11 bits per heavy atom. The minimum Gasteiger partial charge on any atom is -0.465 e. The van der Waals surface area contributed by atoms with Crippen molar-refractivity contribution in [2.45, 2.75) is 26.4 Å². The van der Waals surface area contributed by atoms with Gasteiger partial charge in [-0.2, -0.15) is 5.10 Å². The Morgan fingerprint density at radius 3 is 2.63 bits per heavy atom. The van der Waals surface area contributed by atoms with Crippen molar-refractivity contribution in [1.82, 2.24) is 0 Å². The van der Waals surface area contributed by atoms with E-state index in [1.165, 1.54) is 17.3 Å². The van der Waals surface area contributed by atoms with Gasteiger partial charge in [-0.05, 0) is 25.1 Å². The van der Waals surface area contributed by atoms with E-state index in [-0.39, 0.29) is 49.0 Å². The number of hydrogen-bond acceptors (Lipinski definition) is 7. The number of ether oxygens (including phenoxy) is 2. The Labute approximate surface area is 155 Å². The molecule has 1 aliphatic heterocycles. The Bertz CT molecular complexity index is 871. The van der Waals surface area contributed by atoms with E-state index < -0.39 is 11.9 Å². The molecule has 0 radical (unpaired) electrons. The molecular weight excluding hydrogens is 352 g/mol. The number of furan rings is 1. The fraction of sp³-hybridized carbons (Fsp3) is 0.263. The van der Waals surface area contributed by atoms with Crippen molar-refractivity contribution in [3.05, 3.63) is 54.0 Å². The Kier molecular flexibility index (Phi) is 5.65. The second kappa shape index (κ2) is 8.31. The van der Waals surface area contributed by atoms with E-state index in [0.29, 0.717) is 5.69 Å². The molecule has 0 unspecified atom stereocenters. The minimum absolute atomic E-state index is 0.127. The van der Waals surface area contributed by atoms with Crippen molar-refractivity contribution in [2.75, 3.05) is 11.6 Å². The quantitative estimate of drug-likeness (QED) is 0.725. The van der Waals surface area contributed by atoms with E-state index in [0.717, 1.165) is 0 Å². The molecule has 0 aliphatic carbocycles. The lowest BCUT2D eigenvalue weighted by molar-refractivity contribution is -0.137. The predicted molar refractivity (Wildman–Crippen MR) is 95.1 cm³/mol. The summed E-state index contributed by atoms with van der Waals surface area (Å²) in [5.41, 5.74) is 0.905. The summed E-state index contributed by atoms with van der Waals surface area (Å²) in [7, 11) is 0. The third-order valence-electron chi connectivity index (χ3n) is 3.84. The normalized spacial score (nSPS) is 13.9. The van der Waals surface area contributed by atoms with Gasteiger partial charge < -0.3 is 13.9 Å². The van der Waals surface area contributed by atoms with E-state index in [4.69, 9.17) is 13.9 Å². The maximum absolute atomic E-state index is 12.3. The van der Waals surface area contributed by atoms with Crippen molar-refractivity contribution >= 4 is 29.2 Å². The van der Waals surface area contributed by atoms with Gasteiger partial charge in [-0.15, -0.1) is 0 Å². The van der Waals surface area contributed by atoms with Crippen LogP contribution in [-0.4, -0.2) is 30.2 Å². The van der Waals surface area contributed by atoms with Gasteiger partial charge >= 0.3 is 11.9 Å². The van der Waals surface area contributed by atoms with Crippen LogP contribution in [0, 0.1) is 0 Å². The van der Waals surface area contributed by atoms with Crippen molar-refractivity contribution in [3.8, 4) is 0 Å². The van der Waals surface area contributed by atoms with E-state index in [1.807, 2.05) is 6.07 Å². The second-order valence-corrected chi connectivity index (χ2v) is 5.64. The Hall–Kier alpha value is -3.42. The van der Waals surface area contributed by atoms with Crippen molar-refractivity contribution in [2.24, 2.45) is 5.10 Å². The van der Waals surface area contributed by atoms with Crippen LogP contribution in [0.25, 0.3) is 0 Å². The Balaban J connectivity index is 1.69. The van der Waals surface area contributed by atoms with Gasteiger partial charge in [-0.1, -0.05) is 18.2 Å². The summed E-state index contributed by atoms with van der Waals surface area (Å²) in [5.74, 6) is -1.23. The van der Waals surface area contributed by atoms with E-state index in [1.54, 1.807) is 31.2 Å². The zero-order valence-electron chi connectivity index (χ0n) is 14.7. The molecule has 0 atom stereocenters. The average molecular weight is 370 g/mol. The summed E-state index contributed by atoms with van der Waals surface area (Å²) >= 11 is 0. The third-order valence-corrected chi connectivity index (χ3v) is 3.84. The number of hydrogen-bond donors (Lipinski definition) is 0. The molecule has 1 aliphatic rings. The molecule has 1 amide bonds. The molecule has 140 valence electrons. The fourth-order valence-corrected chi connectivity index (χ4v) is 2.53. The Morgan fingerprint density at radius 2 is 1.89 bits per heavy atom. The number of rotatable bonds is 6. The van der Waals surface area contributed by atoms with Gasteiger partial charge in [0.25, 0.3) is 0 Å². The number of carbonyl (C=O) groups is 3. The van der Waals surface area contributed by atoms with Gasteiger partial charge in [0, 0.05) is 12.8 Å². The predicted octanol–water partition coefficient (Wildman–Crippen LogP) is 2.68. The van der Waals surface area contributed by atoms with Gasteiger partial charge in [-0.3, -0.25) is 4.79 Å². The minimum atomic E-state index is -0.672. The molecule has 8 nitrogen and oxygen atoms in total. The van der Waals surface area contributed by atoms with Crippen LogP contribution in [0.1, 0.15) is 35.9 Å². The summed E-state index contributed by atoms with van der Waals surface area (Å²) in [6.45, 7) is 1.68. The van der Waals surface area contributed by atoms with Crippen LogP contribution in [0.5, 0.6) is 0 Å². The van der Waals surface area contributed by atoms with Crippen LogP contribution < -0.4 is 5.01 Å². The van der Waals surface area contributed by atoms with Gasteiger partial charge in [-0.25, -0.2) is 14.6 Å². The van der Waals surface area contributed by atoms with E-state index >= 15 is 0 Å². The van der Waals surface area contributed by atoms with Gasteiger partial charge in [0.15, 0.2) is 12.4 Å². The summed E-state index contributed by atoms with van der Waals surface area (Å²) in [4.78, 5) is 36.2. The highest BCUT2D eigenvalue weighted by atomic mass is 16.5. The highest BCUT2D eigenvalue weighted by Gasteiger charge is 2.27. The van der Waals surface area contributed by atoms with Crippen molar-refractivity contribution in [1.29, 1.82) is 0 Å². The number of nitrogens with zero attached hydrogens (tertiary/aromatic N) is 2. The number of carbonyl (C=O) groups excluding carboxylic acids is 3. The van der Waals surface area contributed by atoms with Crippen molar-refractivity contribution in [3.63, 3.8) is 0 Å². The number of para-hydroxylation sites is 1. The molecule has 0 saturated carbocycles. The number of hydrazone groups is 1. The zero-order valence-corrected chi connectivity index (χ0v) is 14.7. The molecule has 1 aromatic carbocycles. The van der Waals surface area contributed by atoms with Crippen LogP contribution in [0.15, 0.2) is 52.2 Å². The maximum Gasteiger partial charge on any atom is 0.354 e. The van der Waals surface area contributed by atoms with Crippen LogP contribution in [0.2, 0.25) is 0 Å². The first-order chi connectivity index (χ1) is 13.1. The first-order valence-electron chi connectivity index (χ1n) is 8.46. The SMILES string of the molecule is CCOC(=O)c1ccoc1COC(=O)C1=NN(c2ccccc2)C(=O)CC1. The number of benzene rings is 1. The molecule has 1 aromatic heterocycles. The van der Waals surface area contributed by atoms with Gasteiger partial charge in [0.2, 0.25) is 5.91 Å². The fourth-order valence-electron chi connectivity index (χ4n) is 2.53. The lowest BCUT2D eigenvalue weighted by Crippen LogP contribution is -2.34. The molecular formula is C19H18N2O6. The largest absolute Gasteiger partial charge is 0.465 e. The van der Waals surface area contributed by atoms with Crippen LogP contribution in [0.4, 0.5) is 5.69 Å². The molecule has 0 bridgehead atoms. The van der Waals surface area contributed by atoms with Crippen LogP contribution in [-0.2, 0) is 25.7 Å². The molecule has 2 aromatic rings. The molecule has 0 spiro atoms. The summed E-state index contributed by atoms with van der Waals surface area (Å²) < 4.78 is 15.3. The first kappa shape index (κ1) is 18.4. The summed E-state index contributed by atoms with van der Waals surface area (Å²) in [6.07, 6.45) is 1.66. The standard InChI is InChI=1S/C19H18N2O6/c1-2-25-18(23)14-10-11-26-16(14)12-27-19(24)15-8-9-17(22)21(20-15)13-6-4-3-5-7-13/h3-7,10-11H,2,8-9,12H2,1H3. The monoisotopic (exact) mass is 370 g/mol. The van der Waals surface area contributed by atoms with Crippen molar-refractivity contribution < 1.29 is 28.3 Å². The lowest BCUT2D eigenvalue weighted by Gasteiger charge is -2.22.